The molecule has 1 atom stereocenters. The van der Waals surface area contributed by atoms with E-state index >= 15 is 0 Å². The molecular weight excluding hydrogens is 212 g/mol. The van der Waals surface area contributed by atoms with E-state index in [9.17, 15) is 0 Å². The van der Waals surface area contributed by atoms with Crippen LogP contribution in [0.5, 0.6) is 0 Å². The van der Waals surface area contributed by atoms with Gasteiger partial charge in [0.15, 0.2) is 0 Å². The molecule has 1 saturated carbocycles. The van der Waals surface area contributed by atoms with Gasteiger partial charge in [-0.25, -0.2) is 0 Å². The summed E-state index contributed by atoms with van der Waals surface area (Å²) < 4.78 is 1.91. The Hall–Kier alpha value is -1.03. The second kappa shape index (κ2) is 4.33. The summed E-state index contributed by atoms with van der Waals surface area (Å²) in [6.07, 6.45) is 7.22. The molecule has 4 heteroatoms. The third-order valence-electron chi connectivity index (χ3n) is 3.88. The minimum Gasteiger partial charge on any atom is -0.378 e. The Morgan fingerprint density at radius 2 is 2.24 bits per heavy atom. The summed E-state index contributed by atoms with van der Waals surface area (Å²) in [5, 5.41) is 8.15. The van der Waals surface area contributed by atoms with E-state index in [1.807, 2.05) is 11.7 Å². The van der Waals surface area contributed by atoms with E-state index in [-0.39, 0.29) is 0 Å². The highest BCUT2D eigenvalue weighted by Crippen LogP contribution is 2.30. The van der Waals surface area contributed by atoms with Gasteiger partial charge in [-0.05, 0) is 25.7 Å². The van der Waals surface area contributed by atoms with Crippen LogP contribution >= 0.6 is 0 Å². The van der Waals surface area contributed by atoms with Gasteiger partial charge < -0.3 is 5.32 Å². The van der Waals surface area contributed by atoms with E-state index in [1.54, 1.807) is 0 Å². The molecule has 4 nitrogen and oxygen atoms in total. The quantitative estimate of drug-likeness (QED) is 0.859. The summed E-state index contributed by atoms with van der Waals surface area (Å²) in [6.45, 7) is 4.64. The molecule has 17 heavy (non-hydrogen) atoms. The Kier molecular flexibility index (Phi) is 2.82. The van der Waals surface area contributed by atoms with Crippen molar-refractivity contribution in [3.8, 4) is 0 Å². The topological polar surface area (TPSA) is 33.1 Å². The van der Waals surface area contributed by atoms with Crippen LogP contribution in [0.3, 0.4) is 0 Å². The van der Waals surface area contributed by atoms with Crippen molar-refractivity contribution in [2.75, 3.05) is 18.4 Å². The monoisotopic (exact) mass is 234 g/mol. The van der Waals surface area contributed by atoms with Crippen LogP contribution < -0.4 is 5.32 Å². The third kappa shape index (κ3) is 2.32. The molecule has 0 radical (unpaired) electrons. The standard InChI is InChI=1S/C13H22N4/c1-3-12-13(9-16(2)15-12)14-10-6-7-17(8-10)11-4-5-11/h9-11,14H,3-8H2,1-2H3. The maximum atomic E-state index is 4.48. The molecule has 2 aliphatic rings. The van der Waals surface area contributed by atoms with Crippen LogP contribution in [0.2, 0.25) is 0 Å². The van der Waals surface area contributed by atoms with Crippen LogP contribution in [0.1, 0.15) is 31.9 Å². The molecule has 1 aliphatic carbocycles. The number of likely N-dealkylation sites (tertiary alicyclic amines) is 1. The van der Waals surface area contributed by atoms with Crippen LogP contribution in [0, 0.1) is 0 Å². The van der Waals surface area contributed by atoms with Gasteiger partial charge in [-0.2, -0.15) is 5.10 Å². The van der Waals surface area contributed by atoms with Gasteiger partial charge in [-0.3, -0.25) is 9.58 Å². The number of aromatic nitrogens is 2. The summed E-state index contributed by atoms with van der Waals surface area (Å²) in [6, 6.07) is 1.52. The molecule has 0 spiro atoms. The van der Waals surface area contributed by atoms with Crippen molar-refractivity contribution in [1.82, 2.24) is 14.7 Å². The summed E-state index contributed by atoms with van der Waals surface area (Å²) in [5.41, 5.74) is 2.43. The molecule has 1 aromatic rings. The van der Waals surface area contributed by atoms with Gasteiger partial charge >= 0.3 is 0 Å². The van der Waals surface area contributed by atoms with E-state index in [0.717, 1.165) is 12.5 Å². The zero-order valence-electron chi connectivity index (χ0n) is 10.8. The van der Waals surface area contributed by atoms with E-state index in [1.165, 1.54) is 43.7 Å². The Morgan fingerprint density at radius 3 is 2.94 bits per heavy atom. The zero-order chi connectivity index (χ0) is 11.8. The fourth-order valence-electron chi connectivity index (χ4n) is 2.81. The highest BCUT2D eigenvalue weighted by atomic mass is 15.3. The largest absolute Gasteiger partial charge is 0.378 e. The Labute approximate surface area is 103 Å². The molecule has 1 saturated heterocycles. The lowest BCUT2D eigenvalue weighted by Gasteiger charge is -2.16. The van der Waals surface area contributed by atoms with Gasteiger partial charge in [0.2, 0.25) is 0 Å². The number of nitrogens with one attached hydrogen (secondary N) is 1. The van der Waals surface area contributed by atoms with Gasteiger partial charge in [-0.15, -0.1) is 0 Å². The molecule has 1 N–H and O–H groups in total. The molecule has 0 aromatic carbocycles. The number of aryl methyl sites for hydroxylation is 2. The molecule has 3 rings (SSSR count). The lowest BCUT2D eigenvalue weighted by Crippen LogP contribution is -2.27. The lowest BCUT2D eigenvalue weighted by molar-refractivity contribution is 0.326. The fourth-order valence-corrected chi connectivity index (χ4v) is 2.81. The van der Waals surface area contributed by atoms with Crippen molar-refractivity contribution in [3.63, 3.8) is 0 Å². The molecule has 1 aliphatic heterocycles. The van der Waals surface area contributed by atoms with Crippen LogP contribution in [0.25, 0.3) is 0 Å². The fraction of sp³-hybridized carbons (Fsp3) is 0.769. The minimum atomic E-state index is 0.616. The predicted octanol–water partition coefficient (Wildman–Crippen LogP) is 1.63. The minimum absolute atomic E-state index is 0.616. The molecule has 0 amide bonds. The highest BCUT2D eigenvalue weighted by Gasteiger charge is 2.34. The first-order valence-corrected chi connectivity index (χ1v) is 6.79. The van der Waals surface area contributed by atoms with Crippen LogP contribution in [0.4, 0.5) is 5.69 Å². The molecular formula is C13H22N4. The summed E-state index contributed by atoms with van der Waals surface area (Å²) in [4.78, 5) is 2.64. The number of rotatable bonds is 4. The van der Waals surface area contributed by atoms with Crippen molar-refractivity contribution in [2.45, 2.75) is 44.7 Å². The number of nitrogens with zero attached hydrogens (tertiary/aromatic N) is 3. The van der Waals surface area contributed by atoms with E-state index < -0.39 is 0 Å². The smallest absolute Gasteiger partial charge is 0.0853 e. The van der Waals surface area contributed by atoms with E-state index in [0.29, 0.717) is 6.04 Å². The normalized spacial score (nSPS) is 25.4. The van der Waals surface area contributed by atoms with Gasteiger partial charge in [-0.1, -0.05) is 6.92 Å². The van der Waals surface area contributed by atoms with Crippen molar-refractivity contribution >= 4 is 5.69 Å². The first-order valence-electron chi connectivity index (χ1n) is 6.79. The summed E-state index contributed by atoms with van der Waals surface area (Å²) in [5.74, 6) is 0. The second-order valence-corrected chi connectivity index (χ2v) is 5.37. The second-order valence-electron chi connectivity index (χ2n) is 5.37. The first kappa shape index (κ1) is 11.1. The maximum absolute atomic E-state index is 4.48. The number of hydrogen-bond acceptors (Lipinski definition) is 3. The van der Waals surface area contributed by atoms with Crippen molar-refractivity contribution in [3.05, 3.63) is 11.9 Å². The van der Waals surface area contributed by atoms with Crippen LogP contribution in [0.15, 0.2) is 6.20 Å². The van der Waals surface area contributed by atoms with Crippen molar-refractivity contribution < 1.29 is 0 Å². The van der Waals surface area contributed by atoms with Gasteiger partial charge in [0.1, 0.15) is 0 Å². The van der Waals surface area contributed by atoms with Crippen molar-refractivity contribution in [1.29, 1.82) is 0 Å². The molecule has 2 heterocycles. The zero-order valence-corrected chi connectivity index (χ0v) is 10.8. The van der Waals surface area contributed by atoms with Gasteiger partial charge in [0, 0.05) is 38.4 Å². The number of hydrogen-bond donors (Lipinski definition) is 1. The molecule has 1 aromatic heterocycles. The Morgan fingerprint density at radius 1 is 1.41 bits per heavy atom. The average molecular weight is 234 g/mol. The Balaban J connectivity index is 1.62. The Bertz CT molecular complexity index is 394. The van der Waals surface area contributed by atoms with Gasteiger partial charge in [0.25, 0.3) is 0 Å². The lowest BCUT2D eigenvalue weighted by atomic mass is 10.2. The van der Waals surface area contributed by atoms with E-state index in [2.05, 4.69) is 28.4 Å². The molecule has 0 bridgehead atoms. The van der Waals surface area contributed by atoms with Crippen LogP contribution in [-0.4, -0.2) is 39.9 Å². The molecule has 94 valence electrons. The predicted molar refractivity (Wildman–Crippen MR) is 69.2 cm³/mol. The average Bonchev–Trinajstić information content (AvgIpc) is 2.96. The number of anilines is 1. The summed E-state index contributed by atoms with van der Waals surface area (Å²) >= 11 is 0. The molecule has 2 fully saturated rings. The first-order chi connectivity index (χ1) is 8.26. The van der Waals surface area contributed by atoms with E-state index in [4.69, 9.17) is 0 Å². The van der Waals surface area contributed by atoms with Crippen molar-refractivity contribution in [2.24, 2.45) is 7.05 Å². The summed E-state index contributed by atoms with van der Waals surface area (Å²) in [7, 11) is 2.00. The maximum Gasteiger partial charge on any atom is 0.0853 e. The van der Waals surface area contributed by atoms with Crippen LogP contribution in [-0.2, 0) is 13.5 Å². The van der Waals surface area contributed by atoms with Gasteiger partial charge in [0.05, 0.1) is 11.4 Å². The SMILES string of the molecule is CCc1nn(C)cc1NC1CCN(C2CC2)C1. The third-order valence-corrected chi connectivity index (χ3v) is 3.88. The molecule has 1 unspecified atom stereocenters. The highest BCUT2D eigenvalue weighted by molar-refractivity contribution is 5.47.